The van der Waals surface area contributed by atoms with Crippen LogP contribution in [0.2, 0.25) is 0 Å². The molecular weight excluding hydrogens is 262 g/mol. The van der Waals surface area contributed by atoms with E-state index in [1.807, 2.05) is 12.1 Å². The molecule has 0 radical (unpaired) electrons. The first-order valence-electron chi connectivity index (χ1n) is 7.87. The molecule has 1 aromatic carbocycles. The van der Waals surface area contributed by atoms with Gasteiger partial charge in [0.2, 0.25) is 12.3 Å². The van der Waals surface area contributed by atoms with Crippen molar-refractivity contribution in [2.24, 2.45) is 11.8 Å². The Morgan fingerprint density at radius 1 is 1.24 bits per heavy atom. The van der Waals surface area contributed by atoms with Gasteiger partial charge in [0.1, 0.15) is 0 Å². The van der Waals surface area contributed by atoms with Gasteiger partial charge in [-0.1, -0.05) is 32.8 Å². The lowest BCUT2D eigenvalue weighted by molar-refractivity contribution is 0.254. The molecule has 1 aliphatic rings. The van der Waals surface area contributed by atoms with Gasteiger partial charge in [0, 0.05) is 17.3 Å². The van der Waals surface area contributed by atoms with Crippen LogP contribution in [0.5, 0.6) is 0 Å². The zero-order valence-electron chi connectivity index (χ0n) is 12.7. The van der Waals surface area contributed by atoms with Gasteiger partial charge < -0.3 is 9.73 Å². The van der Waals surface area contributed by atoms with Gasteiger partial charge in [0.05, 0.1) is 0 Å². The highest BCUT2D eigenvalue weighted by Gasteiger charge is 2.27. The van der Waals surface area contributed by atoms with Crippen LogP contribution in [-0.4, -0.2) is 16.2 Å². The van der Waals surface area contributed by atoms with Crippen LogP contribution in [0.1, 0.15) is 39.5 Å². The molecule has 1 saturated carbocycles. The van der Waals surface area contributed by atoms with Gasteiger partial charge in [-0.25, -0.2) is 0 Å². The highest BCUT2D eigenvalue weighted by Crippen LogP contribution is 2.32. The van der Waals surface area contributed by atoms with Crippen molar-refractivity contribution in [2.75, 3.05) is 5.32 Å². The average Bonchev–Trinajstić information content (AvgIpc) is 3.02. The molecule has 4 heteroatoms. The van der Waals surface area contributed by atoms with Crippen LogP contribution in [0.25, 0.3) is 11.5 Å². The van der Waals surface area contributed by atoms with E-state index in [4.69, 9.17) is 4.42 Å². The van der Waals surface area contributed by atoms with E-state index in [1.54, 1.807) is 0 Å². The Bertz CT molecular complexity index is 565. The minimum atomic E-state index is 0.566. The van der Waals surface area contributed by atoms with E-state index < -0.39 is 0 Å². The number of nitrogens with zero attached hydrogens (tertiary/aromatic N) is 2. The quantitative estimate of drug-likeness (QED) is 0.906. The van der Waals surface area contributed by atoms with Crippen LogP contribution < -0.4 is 5.32 Å². The van der Waals surface area contributed by atoms with Gasteiger partial charge >= 0.3 is 0 Å². The van der Waals surface area contributed by atoms with Gasteiger partial charge in [0.25, 0.3) is 0 Å². The predicted molar refractivity (Wildman–Crippen MR) is 83.9 cm³/mol. The van der Waals surface area contributed by atoms with Gasteiger partial charge in [-0.05, 0) is 42.9 Å². The zero-order valence-corrected chi connectivity index (χ0v) is 12.7. The Morgan fingerprint density at radius 3 is 2.86 bits per heavy atom. The normalized spacial score (nSPS) is 22.4. The topological polar surface area (TPSA) is 51.0 Å². The molecular formula is C17H23N3O. The summed E-state index contributed by atoms with van der Waals surface area (Å²) in [6, 6.07) is 8.82. The lowest BCUT2D eigenvalue weighted by Gasteiger charge is -2.35. The maximum Gasteiger partial charge on any atom is 0.247 e. The van der Waals surface area contributed by atoms with Crippen LogP contribution in [-0.2, 0) is 0 Å². The summed E-state index contributed by atoms with van der Waals surface area (Å²) in [5, 5.41) is 11.4. The molecule has 2 unspecified atom stereocenters. The summed E-state index contributed by atoms with van der Waals surface area (Å²) in [4.78, 5) is 0. The second kappa shape index (κ2) is 6.29. The first-order chi connectivity index (χ1) is 10.2. The van der Waals surface area contributed by atoms with Crippen molar-refractivity contribution < 1.29 is 4.42 Å². The summed E-state index contributed by atoms with van der Waals surface area (Å²) in [6.45, 7) is 4.67. The maximum atomic E-state index is 5.27. The molecule has 0 spiro atoms. The summed E-state index contributed by atoms with van der Waals surface area (Å²) in [5.41, 5.74) is 2.11. The molecule has 4 nitrogen and oxygen atoms in total. The first kappa shape index (κ1) is 14.1. The van der Waals surface area contributed by atoms with Crippen molar-refractivity contribution in [3.63, 3.8) is 0 Å². The van der Waals surface area contributed by atoms with Crippen molar-refractivity contribution in [3.8, 4) is 11.5 Å². The van der Waals surface area contributed by atoms with Crippen LogP contribution in [0.3, 0.4) is 0 Å². The summed E-state index contributed by atoms with van der Waals surface area (Å²) in [7, 11) is 0. The fourth-order valence-corrected chi connectivity index (χ4v) is 3.39. The zero-order chi connectivity index (χ0) is 14.7. The lowest BCUT2D eigenvalue weighted by Crippen LogP contribution is -2.35. The molecule has 112 valence electrons. The van der Waals surface area contributed by atoms with E-state index in [2.05, 4.69) is 41.5 Å². The van der Waals surface area contributed by atoms with E-state index in [1.165, 1.54) is 32.1 Å². The van der Waals surface area contributed by atoms with Gasteiger partial charge in [-0.2, -0.15) is 0 Å². The molecule has 2 atom stereocenters. The molecule has 0 amide bonds. The second-order valence-corrected chi connectivity index (χ2v) is 6.27. The third kappa shape index (κ3) is 3.26. The van der Waals surface area contributed by atoms with Gasteiger partial charge in [0.15, 0.2) is 0 Å². The molecule has 1 fully saturated rings. The Hall–Kier alpha value is -1.84. The minimum absolute atomic E-state index is 0.566. The highest BCUT2D eigenvalue weighted by atomic mass is 16.4. The summed E-state index contributed by atoms with van der Waals surface area (Å²) < 4.78 is 5.27. The standard InChI is InChI=1S/C17H23N3O/c1-12(2)15-8-3-4-9-16(15)19-14-7-5-6-13(10-14)17-20-18-11-21-17/h5-7,10-12,15-16,19H,3-4,8-9H2,1-2H3. The van der Waals surface area contributed by atoms with Crippen molar-refractivity contribution in [3.05, 3.63) is 30.7 Å². The summed E-state index contributed by atoms with van der Waals surface area (Å²) >= 11 is 0. The lowest BCUT2D eigenvalue weighted by atomic mass is 9.78. The Kier molecular flexibility index (Phi) is 4.23. The molecule has 0 aliphatic heterocycles. The molecule has 21 heavy (non-hydrogen) atoms. The van der Waals surface area contributed by atoms with Crippen LogP contribution in [0, 0.1) is 11.8 Å². The number of hydrogen-bond donors (Lipinski definition) is 1. The van der Waals surface area contributed by atoms with E-state index in [0.29, 0.717) is 11.9 Å². The van der Waals surface area contributed by atoms with Crippen molar-refractivity contribution >= 4 is 5.69 Å². The maximum absolute atomic E-state index is 5.27. The number of aromatic nitrogens is 2. The molecule has 3 rings (SSSR count). The highest BCUT2D eigenvalue weighted by molar-refractivity contribution is 5.61. The number of nitrogens with one attached hydrogen (secondary N) is 1. The predicted octanol–water partition coefficient (Wildman–Crippen LogP) is 4.36. The second-order valence-electron chi connectivity index (χ2n) is 6.27. The fourth-order valence-electron chi connectivity index (χ4n) is 3.39. The van der Waals surface area contributed by atoms with Crippen molar-refractivity contribution in [1.29, 1.82) is 0 Å². The van der Waals surface area contributed by atoms with E-state index in [0.717, 1.165) is 23.1 Å². The largest absolute Gasteiger partial charge is 0.423 e. The van der Waals surface area contributed by atoms with Crippen molar-refractivity contribution in [2.45, 2.75) is 45.6 Å². The minimum Gasteiger partial charge on any atom is -0.423 e. The summed E-state index contributed by atoms with van der Waals surface area (Å²) in [6.07, 6.45) is 6.64. The number of benzene rings is 1. The van der Waals surface area contributed by atoms with E-state index >= 15 is 0 Å². The monoisotopic (exact) mass is 285 g/mol. The van der Waals surface area contributed by atoms with Gasteiger partial charge in [-0.15, -0.1) is 10.2 Å². The SMILES string of the molecule is CC(C)C1CCCCC1Nc1cccc(-c2nnco2)c1. The number of anilines is 1. The molecule has 0 saturated heterocycles. The molecule has 0 bridgehead atoms. The van der Waals surface area contributed by atoms with Crippen molar-refractivity contribution in [1.82, 2.24) is 10.2 Å². The van der Waals surface area contributed by atoms with Crippen LogP contribution in [0.15, 0.2) is 35.1 Å². The average molecular weight is 285 g/mol. The van der Waals surface area contributed by atoms with Crippen LogP contribution in [0.4, 0.5) is 5.69 Å². The van der Waals surface area contributed by atoms with Crippen LogP contribution >= 0.6 is 0 Å². The smallest absolute Gasteiger partial charge is 0.247 e. The molecule has 1 aromatic heterocycles. The third-order valence-electron chi connectivity index (χ3n) is 4.50. The number of hydrogen-bond acceptors (Lipinski definition) is 4. The molecule has 2 aromatic rings. The Balaban J connectivity index is 1.76. The number of rotatable bonds is 4. The molecule has 1 N–H and O–H groups in total. The summed E-state index contributed by atoms with van der Waals surface area (Å²) in [5.74, 6) is 2.05. The van der Waals surface area contributed by atoms with E-state index in [9.17, 15) is 0 Å². The Labute approximate surface area is 126 Å². The fraction of sp³-hybridized carbons (Fsp3) is 0.529. The van der Waals surface area contributed by atoms with E-state index in [-0.39, 0.29) is 0 Å². The Morgan fingerprint density at radius 2 is 2.10 bits per heavy atom. The molecule has 1 aliphatic carbocycles. The first-order valence-corrected chi connectivity index (χ1v) is 7.87. The third-order valence-corrected chi connectivity index (χ3v) is 4.50. The molecule has 1 heterocycles. The van der Waals surface area contributed by atoms with Gasteiger partial charge in [-0.3, -0.25) is 0 Å².